The van der Waals surface area contributed by atoms with Crippen LogP contribution in [0.25, 0.3) is 0 Å². The zero-order chi connectivity index (χ0) is 61.7. The lowest BCUT2D eigenvalue weighted by Gasteiger charge is -2.28. The number of fused-ring (bicyclic) bond motifs is 6. The van der Waals surface area contributed by atoms with Crippen LogP contribution in [0.3, 0.4) is 0 Å². The van der Waals surface area contributed by atoms with Crippen molar-refractivity contribution in [3.8, 4) is 0 Å². The second-order valence-corrected chi connectivity index (χ2v) is 27.7. The maximum absolute atomic E-state index is 13.4. The van der Waals surface area contributed by atoms with Crippen LogP contribution >= 0.6 is 0 Å². The highest BCUT2D eigenvalue weighted by atomic mass is 32.2. The summed E-state index contributed by atoms with van der Waals surface area (Å²) in [5.74, 6) is -1.82. The fourth-order valence-corrected chi connectivity index (χ4v) is 14.0. The number of carboxylic acid groups (broad SMARTS) is 1. The first-order valence-electron chi connectivity index (χ1n) is 27.2. The molecule has 3 unspecified atom stereocenters. The van der Waals surface area contributed by atoms with Crippen LogP contribution in [-0.4, -0.2) is 149 Å². The monoisotopic (exact) mass is 1240 g/mol. The first kappa shape index (κ1) is 62.0. The fraction of sp³-hybridized carbons (Fsp3) is 0.444. The predicted octanol–water partition coefficient (Wildman–Crippen LogP) is 4.66. The average Bonchev–Trinajstić information content (AvgIpc) is 3.25. The molecule has 0 saturated carbocycles. The summed E-state index contributed by atoms with van der Waals surface area (Å²) in [7, 11) is -9.77. The van der Waals surface area contributed by atoms with Crippen molar-refractivity contribution in [2.24, 2.45) is 0 Å². The summed E-state index contributed by atoms with van der Waals surface area (Å²) >= 11 is 0. The number of sulfonamides is 3. The van der Waals surface area contributed by atoms with Crippen LogP contribution in [-0.2, 0) is 79.9 Å². The Morgan fingerprint density at radius 3 is 1.58 bits per heavy atom. The minimum Gasteiger partial charge on any atom is -0.481 e. The molecule has 0 aliphatic carbocycles. The second kappa shape index (κ2) is 24.1. The Balaban J connectivity index is 0.000000140. The highest BCUT2D eigenvalue weighted by molar-refractivity contribution is 7.88. The van der Waals surface area contributed by atoms with Crippen molar-refractivity contribution < 1.29 is 57.9 Å². The molecule has 3 atom stereocenters. The summed E-state index contributed by atoms with van der Waals surface area (Å²) in [6.07, 6.45) is 2.25. The third-order valence-electron chi connectivity index (χ3n) is 16.1. The lowest BCUT2D eigenvalue weighted by molar-refractivity contribution is -0.140. The van der Waals surface area contributed by atoms with Crippen molar-refractivity contribution in [3.63, 3.8) is 0 Å². The van der Waals surface area contributed by atoms with Crippen LogP contribution in [0.1, 0.15) is 114 Å². The minimum atomic E-state index is -4.47. The molecule has 0 spiro atoms. The highest BCUT2D eigenvalue weighted by Gasteiger charge is 2.39. The number of aliphatic carboxylic acids is 1. The fourth-order valence-electron chi connectivity index (χ4n) is 11.6. The van der Waals surface area contributed by atoms with Crippen LogP contribution in [0.5, 0.6) is 0 Å². The number of nitrogens with zero attached hydrogens (tertiary/aromatic N) is 8. The molecular formula is C54H68F3N15O10S3. The first-order valence-corrected chi connectivity index (χ1v) is 32.8. The number of hydrogen-bond donors (Lipinski definition) is 8. The summed E-state index contributed by atoms with van der Waals surface area (Å²) in [6.45, 7) is 7.47. The van der Waals surface area contributed by atoms with E-state index in [0.29, 0.717) is 107 Å². The number of para-hydroxylation sites is 3. The number of benzene rings is 3. The number of H-pyrrole nitrogens is 1. The molecule has 0 amide bonds. The maximum atomic E-state index is 13.4. The van der Waals surface area contributed by atoms with Gasteiger partial charge in [-0.1, -0.05) is 48.5 Å². The maximum Gasteiger partial charge on any atom is 0.418 e. The average molecular weight is 1240 g/mol. The number of carboxylic acids is 1. The smallest absolute Gasteiger partial charge is 0.418 e. The number of nitrogens with two attached hydrogens (primary N) is 3. The van der Waals surface area contributed by atoms with Gasteiger partial charge in [0.1, 0.15) is 17.5 Å². The Bertz CT molecular complexity index is 3940. The van der Waals surface area contributed by atoms with Crippen LogP contribution < -0.4 is 33.2 Å². The Morgan fingerprint density at radius 2 is 1.05 bits per heavy atom. The first-order chi connectivity index (χ1) is 39.9. The molecule has 6 aliphatic heterocycles. The minimum absolute atomic E-state index is 0.0985. The molecule has 31 heteroatoms. The van der Waals surface area contributed by atoms with Gasteiger partial charge in [-0.15, -0.1) is 5.10 Å². The van der Waals surface area contributed by atoms with Crippen LogP contribution in [0.2, 0.25) is 0 Å². The zero-order valence-corrected chi connectivity index (χ0v) is 49.8. The van der Waals surface area contributed by atoms with Crippen molar-refractivity contribution in [1.29, 1.82) is 0 Å². The van der Waals surface area contributed by atoms with Gasteiger partial charge >= 0.3 is 12.1 Å². The number of anilines is 6. The molecule has 25 nitrogen and oxygen atoms in total. The van der Waals surface area contributed by atoms with E-state index in [1.807, 2.05) is 50.2 Å². The molecule has 0 bridgehead atoms. The van der Waals surface area contributed by atoms with Gasteiger partial charge in [-0.2, -0.15) is 41.0 Å². The van der Waals surface area contributed by atoms with Gasteiger partial charge in [0.2, 0.25) is 30.1 Å². The topological polar surface area (TPSA) is 362 Å². The van der Waals surface area contributed by atoms with Crippen LogP contribution in [0, 0.1) is 13.8 Å². The van der Waals surface area contributed by atoms with Gasteiger partial charge in [0.25, 0.3) is 11.8 Å². The van der Waals surface area contributed by atoms with Crippen LogP contribution in [0.15, 0.2) is 54.6 Å². The molecule has 6 aliphatic rings. The largest absolute Gasteiger partial charge is 0.481 e. The Labute approximate surface area is 489 Å². The van der Waals surface area contributed by atoms with Crippen LogP contribution in [0.4, 0.5) is 47.7 Å². The SMILES string of the molecule is CS(=O)(=O)N1CCc2c(N)n[nH]c2C1.Cc1cccc2c1NCCC2C(=O)n1nc(N)c2c1CN(S(C)(=O)=O)CC2.Cc1cccc2c1NCCC2C(=O)n1nc2c(c1N)CCN(S(C)(=O)=O)C2.O=C(O)C1CCNc2c1cccc2C(F)(F)F. The zero-order valence-electron chi connectivity index (χ0n) is 47.3. The molecule has 11 N–H and O–H groups in total. The molecular weight excluding hydrogens is 1170 g/mol. The Hall–Kier alpha value is -7.58. The van der Waals surface area contributed by atoms with Crippen molar-refractivity contribution in [1.82, 2.24) is 42.7 Å². The van der Waals surface area contributed by atoms with E-state index in [1.54, 1.807) is 0 Å². The predicted molar refractivity (Wildman–Crippen MR) is 313 cm³/mol. The number of carbonyl (C=O) groups excluding carboxylic acids is 2. The van der Waals surface area contributed by atoms with E-state index < -0.39 is 53.7 Å². The number of nitrogens with one attached hydrogen (secondary N) is 4. The molecule has 85 heavy (non-hydrogen) atoms. The summed E-state index contributed by atoms with van der Waals surface area (Å²) in [5, 5.41) is 33.6. The van der Waals surface area contributed by atoms with Gasteiger partial charge in [-0.25, -0.2) is 29.9 Å². The van der Waals surface area contributed by atoms with Crippen molar-refractivity contribution >= 4 is 82.4 Å². The number of rotatable bonds is 6. The number of hydrogen-bond acceptors (Lipinski definition) is 18. The number of aryl methyl sites for hydroxylation is 2. The molecule has 0 radical (unpaired) electrons. The van der Waals surface area contributed by atoms with E-state index in [-0.39, 0.29) is 54.5 Å². The van der Waals surface area contributed by atoms with Crippen molar-refractivity contribution in [3.05, 3.63) is 122 Å². The summed E-state index contributed by atoms with van der Waals surface area (Å²) < 4.78 is 115. The normalized spacial score (nSPS) is 19.5. The summed E-state index contributed by atoms with van der Waals surface area (Å²) in [4.78, 5) is 37.6. The number of aromatic amines is 1. The molecule has 3 aromatic heterocycles. The number of nitrogen functional groups attached to an aromatic ring is 3. The lowest BCUT2D eigenvalue weighted by Crippen LogP contribution is -2.37. The summed E-state index contributed by atoms with van der Waals surface area (Å²) in [5.41, 5.74) is 27.7. The van der Waals surface area contributed by atoms with E-state index in [4.69, 9.17) is 22.3 Å². The van der Waals surface area contributed by atoms with E-state index in [9.17, 15) is 52.8 Å². The molecule has 6 aromatic rings. The van der Waals surface area contributed by atoms with E-state index in [2.05, 4.69) is 36.3 Å². The van der Waals surface area contributed by atoms with Gasteiger partial charge in [0.05, 0.1) is 84.5 Å². The third kappa shape index (κ3) is 13.0. The van der Waals surface area contributed by atoms with E-state index >= 15 is 0 Å². The van der Waals surface area contributed by atoms with Gasteiger partial charge in [0.15, 0.2) is 0 Å². The molecule has 458 valence electrons. The number of aromatic nitrogens is 6. The van der Waals surface area contributed by atoms with Crippen molar-refractivity contribution in [2.75, 3.05) is 91.2 Å². The quantitative estimate of drug-likeness (QED) is 0.112. The van der Waals surface area contributed by atoms with Crippen molar-refractivity contribution in [2.45, 2.75) is 95.9 Å². The van der Waals surface area contributed by atoms with Gasteiger partial charge in [0, 0.05) is 67.3 Å². The van der Waals surface area contributed by atoms with Gasteiger partial charge < -0.3 is 38.3 Å². The lowest BCUT2D eigenvalue weighted by atomic mass is 9.88. The summed E-state index contributed by atoms with van der Waals surface area (Å²) in [6, 6.07) is 15.5. The Kier molecular flexibility index (Phi) is 17.5. The molecule has 3 aromatic carbocycles. The second-order valence-electron chi connectivity index (χ2n) is 21.7. The molecule has 0 fully saturated rings. The molecule has 0 saturated heterocycles. The Morgan fingerprint density at radius 1 is 0.588 bits per heavy atom. The standard InChI is InChI=1S/2C18H23N5O3S.C11H10F3NO2.C7H12N4O2S/c1-11-4-3-5-12-13(6-8-20-16(11)12)18(24)23-15-10-22(27(2,25)26)9-7-14(15)17(19)21-23;1-11-4-3-5-12-13(6-8-20-16(11)12)18(24)23-17(19)14-7-9-22(27(2,25)26)10-15(14)21-23;12-11(13,14)8-3-1-2-6-7(10(16)17)4-5-15-9(6)8;1-14(12,13)11-3-2-5-6(4-11)9-10-7(5)8/h3-5,13,20H,6-10H2,1-2H3,(H2,19,21);3-5,13,20H,6-10,19H2,1-2H3;1-3,7,15H,4-5H2,(H,16,17);2-4H2,1H3,(H3,8,9,10). The molecule has 12 rings (SSSR count). The van der Waals surface area contributed by atoms with E-state index in [0.717, 1.165) is 62.1 Å². The number of alkyl halides is 3. The molecule has 9 heterocycles. The third-order valence-corrected chi connectivity index (χ3v) is 19.8. The van der Waals surface area contributed by atoms with Gasteiger partial charge in [-0.3, -0.25) is 19.5 Å². The van der Waals surface area contributed by atoms with E-state index in [1.165, 1.54) is 53.2 Å². The van der Waals surface area contributed by atoms with Gasteiger partial charge in [-0.05, 0) is 86.3 Å². The number of halogens is 3. The number of carbonyl (C=O) groups is 3. The highest BCUT2D eigenvalue weighted by Crippen LogP contribution is 2.42.